The van der Waals surface area contributed by atoms with Crippen LogP contribution in [-0.4, -0.2) is 19.1 Å². The van der Waals surface area contributed by atoms with E-state index in [1.807, 2.05) is 85.8 Å². The molecule has 32 heavy (non-hydrogen) atoms. The van der Waals surface area contributed by atoms with Gasteiger partial charge < -0.3 is 20.1 Å². The fraction of sp³-hybridized carbons (Fsp3) is 0.154. The van der Waals surface area contributed by atoms with E-state index in [4.69, 9.17) is 9.47 Å². The lowest BCUT2D eigenvalue weighted by Crippen LogP contribution is -2.45. The Morgan fingerprint density at radius 3 is 2.34 bits per heavy atom. The first-order chi connectivity index (χ1) is 15.6. The lowest BCUT2D eigenvalue weighted by molar-refractivity contribution is -0.136. The van der Waals surface area contributed by atoms with E-state index in [1.54, 1.807) is 0 Å². The Morgan fingerprint density at radius 2 is 1.62 bits per heavy atom. The molecule has 2 amide bonds. The van der Waals surface area contributed by atoms with E-state index in [9.17, 15) is 9.59 Å². The standard InChI is InChI=1S/C26H24N2O4/c1-17-12-14-18(15-13-17)16-32-21-11-7-6-10-20(21)24-22(25(29)31-2)23(27-26(30)28-24)19-8-4-3-5-9-19/h3-15,24H,16H2,1-2H3,(H2,27,28,30). The topological polar surface area (TPSA) is 76.7 Å². The Labute approximate surface area is 186 Å². The van der Waals surface area contributed by atoms with Crippen molar-refractivity contribution in [1.82, 2.24) is 10.6 Å². The van der Waals surface area contributed by atoms with Gasteiger partial charge >= 0.3 is 12.0 Å². The third-order valence-electron chi connectivity index (χ3n) is 5.28. The summed E-state index contributed by atoms with van der Waals surface area (Å²) in [6.07, 6.45) is 0. The highest BCUT2D eigenvalue weighted by Crippen LogP contribution is 2.36. The van der Waals surface area contributed by atoms with Crippen molar-refractivity contribution in [3.05, 3.63) is 107 Å². The summed E-state index contributed by atoms with van der Waals surface area (Å²) in [6.45, 7) is 2.39. The van der Waals surface area contributed by atoms with E-state index in [2.05, 4.69) is 10.6 Å². The summed E-state index contributed by atoms with van der Waals surface area (Å²) in [7, 11) is 1.32. The molecule has 0 saturated heterocycles. The van der Waals surface area contributed by atoms with Gasteiger partial charge in [0.1, 0.15) is 12.4 Å². The molecular formula is C26H24N2O4. The Kier molecular flexibility index (Phi) is 6.22. The molecular weight excluding hydrogens is 404 g/mol. The first-order valence-corrected chi connectivity index (χ1v) is 10.3. The number of ether oxygens (including phenoxy) is 2. The molecule has 0 aromatic heterocycles. The van der Waals surface area contributed by atoms with Gasteiger partial charge in [-0.2, -0.15) is 0 Å². The number of hydrogen-bond donors (Lipinski definition) is 2. The Bertz CT molecular complexity index is 1150. The highest BCUT2D eigenvalue weighted by Gasteiger charge is 2.35. The first-order valence-electron chi connectivity index (χ1n) is 10.3. The van der Waals surface area contributed by atoms with Gasteiger partial charge in [-0.25, -0.2) is 9.59 Å². The molecule has 162 valence electrons. The van der Waals surface area contributed by atoms with Gasteiger partial charge in [-0.05, 0) is 24.1 Å². The maximum absolute atomic E-state index is 12.9. The monoisotopic (exact) mass is 428 g/mol. The highest BCUT2D eigenvalue weighted by molar-refractivity contribution is 6.04. The second-order valence-corrected chi connectivity index (χ2v) is 7.49. The molecule has 1 heterocycles. The molecule has 0 saturated carbocycles. The average Bonchev–Trinajstić information content (AvgIpc) is 2.83. The van der Waals surface area contributed by atoms with Gasteiger partial charge in [0, 0.05) is 5.56 Å². The van der Waals surface area contributed by atoms with Crippen LogP contribution in [0, 0.1) is 6.92 Å². The molecule has 2 N–H and O–H groups in total. The van der Waals surface area contributed by atoms with E-state index >= 15 is 0 Å². The van der Waals surface area contributed by atoms with E-state index in [0.717, 1.165) is 5.56 Å². The SMILES string of the molecule is COC(=O)C1=C(c2ccccc2)NC(=O)NC1c1ccccc1OCc1ccc(C)cc1. The third kappa shape index (κ3) is 4.49. The number of amides is 2. The molecule has 0 spiro atoms. The van der Waals surface area contributed by atoms with Crippen molar-refractivity contribution in [3.8, 4) is 5.75 Å². The van der Waals surface area contributed by atoms with Gasteiger partial charge in [-0.15, -0.1) is 0 Å². The summed E-state index contributed by atoms with van der Waals surface area (Å²) in [6, 6.07) is 23.5. The van der Waals surface area contributed by atoms with Crippen LogP contribution in [0.15, 0.2) is 84.4 Å². The van der Waals surface area contributed by atoms with Crippen molar-refractivity contribution in [1.29, 1.82) is 0 Å². The van der Waals surface area contributed by atoms with Crippen LogP contribution in [-0.2, 0) is 16.1 Å². The van der Waals surface area contributed by atoms with Gasteiger partial charge in [-0.3, -0.25) is 0 Å². The quantitative estimate of drug-likeness (QED) is 0.567. The van der Waals surface area contributed by atoms with Crippen LogP contribution >= 0.6 is 0 Å². The van der Waals surface area contributed by atoms with Gasteiger partial charge in [0.05, 0.1) is 24.4 Å². The second-order valence-electron chi connectivity index (χ2n) is 7.49. The maximum atomic E-state index is 12.9. The second kappa shape index (κ2) is 9.39. The van der Waals surface area contributed by atoms with Crippen LogP contribution in [0.1, 0.15) is 28.3 Å². The Hall–Kier alpha value is -4.06. The highest BCUT2D eigenvalue weighted by atomic mass is 16.5. The molecule has 1 aliphatic heterocycles. The van der Waals surface area contributed by atoms with Crippen molar-refractivity contribution in [2.24, 2.45) is 0 Å². The number of rotatable bonds is 6. The molecule has 0 bridgehead atoms. The largest absolute Gasteiger partial charge is 0.489 e. The number of nitrogens with one attached hydrogen (secondary N) is 2. The fourth-order valence-corrected chi connectivity index (χ4v) is 3.66. The lowest BCUT2D eigenvalue weighted by Gasteiger charge is -2.30. The first kappa shape index (κ1) is 21.2. The predicted molar refractivity (Wildman–Crippen MR) is 122 cm³/mol. The Morgan fingerprint density at radius 1 is 0.938 bits per heavy atom. The zero-order chi connectivity index (χ0) is 22.5. The number of carbonyl (C=O) groups is 2. The summed E-state index contributed by atoms with van der Waals surface area (Å²) in [5.74, 6) is 0.0452. The van der Waals surface area contributed by atoms with Crippen molar-refractivity contribution < 1.29 is 19.1 Å². The predicted octanol–water partition coefficient (Wildman–Crippen LogP) is 4.51. The number of hydrogen-bond acceptors (Lipinski definition) is 4. The van der Waals surface area contributed by atoms with Gasteiger partial charge in [0.2, 0.25) is 0 Å². The molecule has 0 aliphatic carbocycles. The normalized spacial score (nSPS) is 15.6. The van der Waals surface area contributed by atoms with Gasteiger partial charge in [-0.1, -0.05) is 78.4 Å². The number of esters is 1. The van der Waals surface area contributed by atoms with Crippen molar-refractivity contribution in [2.75, 3.05) is 7.11 Å². The van der Waals surface area contributed by atoms with Crippen LogP contribution < -0.4 is 15.4 Å². The minimum atomic E-state index is -0.736. The number of benzene rings is 3. The summed E-state index contributed by atoms with van der Waals surface area (Å²) < 4.78 is 11.2. The summed E-state index contributed by atoms with van der Waals surface area (Å²) >= 11 is 0. The number of carbonyl (C=O) groups excluding carboxylic acids is 2. The van der Waals surface area contributed by atoms with Crippen molar-refractivity contribution >= 4 is 17.7 Å². The fourth-order valence-electron chi connectivity index (χ4n) is 3.66. The van der Waals surface area contributed by atoms with Crippen molar-refractivity contribution in [2.45, 2.75) is 19.6 Å². The van der Waals surface area contributed by atoms with E-state index in [1.165, 1.54) is 12.7 Å². The van der Waals surface area contributed by atoms with Crippen LogP contribution in [0.25, 0.3) is 5.70 Å². The lowest BCUT2D eigenvalue weighted by atomic mass is 9.92. The molecule has 6 heteroatoms. The van der Waals surface area contributed by atoms with E-state index < -0.39 is 18.0 Å². The smallest absolute Gasteiger partial charge is 0.338 e. The van der Waals surface area contributed by atoms with E-state index in [0.29, 0.717) is 34.8 Å². The molecule has 3 aromatic rings. The third-order valence-corrected chi connectivity index (χ3v) is 5.28. The Balaban J connectivity index is 1.75. The minimum absolute atomic E-state index is 0.310. The molecule has 1 unspecified atom stereocenters. The number of aryl methyl sites for hydroxylation is 1. The molecule has 0 fully saturated rings. The van der Waals surface area contributed by atoms with Crippen LogP contribution in [0.4, 0.5) is 4.79 Å². The summed E-state index contributed by atoms with van der Waals surface area (Å²) in [5, 5.41) is 5.62. The number of methoxy groups -OCH3 is 1. The van der Waals surface area contributed by atoms with Crippen LogP contribution in [0.3, 0.4) is 0 Å². The molecule has 1 aliphatic rings. The molecule has 3 aromatic carbocycles. The van der Waals surface area contributed by atoms with Gasteiger partial charge in [0.25, 0.3) is 0 Å². The molecule has 0 radical (unpaired) electrons. The van der Waals surface area contributed by atoms with Crippen LogP contribution in [0.5, 0.6) is 5.75 Å². The minimum Gasteiger partial charge on any atom is -0.489 e. The van der Waals surface area contributed by atoms with E-state index in [-0.39, 0.29) is 0 Å². The number of urea groups is 1. The average molecular weight is 428 g/mol. The zero-order valence-electron chi connectivity index (χ0n) is 17.9. The van der Waals surface area contributed by atoms with Crippen molar-refractivity contribution in [3.63, 3.8) is 0 Å². The maximum Gasteiger partial charge on any atom is 0.338 e. The molecule has 4 rings (SSSR count). The zero-order valence-corrected chi connectivity index (χ0v) is 17.9. The summed E-state index contributed by atoms with van der Waals surface area (Å²) in [5.41, 5.74) is 4.31. The van der Waals surface area contributed by atoms with Crippen LogP contribution in [0.2, 0.25) is 0 Å². The summed E-state index contributed by atoms with van der Waals surface area (Å²) in [4.78, 5) is 25.4. The van der Waals surface area contributed by atoms with Gasteiger partial charge in [0.15, 0.2) is 0 Å². The molecule has 6 nitrogen and oxygen atoms in total. The molecule has 1 atom stereocenters. The number of para-hydroxylation sites is 1.